The van der Waals surface area contributed by atoms with Gasteiger partial charge < -0.3 is 20.8 Å². The van der Waals surface area contributed by atoms with Crippen LogP contribution in [0.25, 0.3) is 0 Å². The first kappa shape index (κ1) is 27.9. The summed E-state index contributed by atoms with van der Waals surface area (Å²) in [6.45, 7) is 0.360. The van der Waals surface area contributed by atoms with Crippen LogP contribution in [0.2, 0.25) is 5.02 Å². The molecule has 0 aliphatic carbocycles. The molecule has 1 aromatic rings. The molecule has 0 saturated carbocycles. The van der Waals surface area contributed by atoms with Crippen molar-refractivity contribution in [3.05, 3.63) is 34.9 Å². The Kier molecular flexibility index (Phi) is 13.8. The Labute approximate surface area is 182 Å². The van der Waals surface area contributed by atoms with Gasteiger partial charge in [-0.05, 0) is 24.3 Å². The van der Waals surface area contributed by atoms with Gasteiger partial charge in [-0.15, -0.1) is 0 Å². The fraction of sp³-hybridized carbons (Fsp3) is 0.375. The number of benzene rings is 1. The van der Waals surface area contributed by atoms with Crippen LogP contribution in [0, 0.1) is 0 Å². The lowest BCUT2D eigenvalue weighted by atomic mass is 10.2. The van der Waals surface area contributed by atoms with Crippen LogP contribution in [-0.2, 0) is 14.4 Å². The minimum Gasteiger partial charge on any atom is -0.481 e. The van der Waals surface area contributed by atoms with Gasteiger partial charge in [0.2, 0.25) is 5.91 Å². The summed E-state index contributed by atoms with van der Waals surface area (Å²) in [5.74, 6) is -2.99. The molecule has 14 heteroatoms. The third-order valence-electron chi connectivity index (χ3n) is 2.75. The first-order valence-corrected chi connectivity index (χ1v) is 10.9. The SMILES string of the molecule is O=C(O)C(F)(F)F.O=C(O)CCSSCCNC(=O)CNC(=O)c1ccc(Cl)cc1. The topological polar surface area (TPSA) is 133 Å². The lowest BCUT2D eigenvalue weighted by Gasteiger charge is -2.07. The number of halogens is 4. The minimum atomic E-state index is -5.08. The van der Waals surface area contributed by atoms with E-state index in [4.69, 9.17) is 26.6 Å². The van der Waals surface area contributed by atoms with E-state index in [0.29, 0.717) is 28.6 Å². The number of aliphatic carboxylic acids is 2. The number of nitrogens with one attached hydrogen (secondary N) is 2. The summed E-state index contributed by atoms with van der Waals surface area (Å²) in [4.78, 5) is 42.5. The van der Waals surface area contributed by atoms with Crippen molar-refractivity contribution < 1.29 is 42.6 Å². The zero-order chi connectivity index (χ0) is 23.2. The number of hydrogen-bond acceptors (Lipinski definition) is 6. The number of carboxylic acid groups (broad SMARTS) is 2. The summed E-state index contributed by atoms with van der Waals surface area (Å²) in [5, 5.41) is 21.3. The molecule has 0 fully saturated rings. The van der Waals surface area contributed by atoms with Gasteiger partial charge in [-0.1, -0.05) is 33.2 Å². The van der Waals surface area contributed by atoms with Crippen LogP contribution in [0.3, 0.4) is 0 Å². The first-order chi connectivity index (χ1) is 13.9. The van der Waals surface area contributed by atoms with Crippen molar-refractivity contribution in [3.63, 3.8) is 0 Å². The molecule has 2 amide bonds. The molecule has 30 heavy (non-hydrogen) atoms. The highest BCUT2D eigenvalue weighted by Crippen LogP contribution is 2.20. The quantitative estimate of drug-likeness (QED) is 0.290. The van der Waals surface area contributed by atoms with Crippen molar-refractivity contribution >= 4 is 56.9 Å². The molecule has 168 valence electrons. The summed E-state index contributed by atoms with van der Waals surface area (Å²) >= 11 is 5.73. The second-order valence-corrected chi connectivity index (χ2v) is 8.27. The number of hydrogen-bond donors (Lipinski definition) is 4. The maximum Gasteiger partial charge on any atom is 0.490 e. The minimum absolute atomic E-state index is 0.0989. The van der Waals surface area contributed by atoms with Gasteiger partial charge in [-0.2, -0.15) is 13.2 Å². The molecule has 1 rings (SSSR count). The van der Waals surface area contributed by atoms with Gasteiger partial charge in [0.15, 0.2) is 0 Å². The number of carbonyl (C=O) groups excluding carboxylic acids is 2. The smallest absolute Gasteiger partial charge is 0.481 e. The van der Waals surface area contributed by atoms with Gasteiger partial charge in [0.25, 0.3) is 5.91 Å². The van der Waals surface area contributed by atoms with Crippen LogP contribution in [0.1, 0.15) is 16.8 Å². The highest BCUT2D eigenvalue weighted by Gasteiger charge is 2.38. The molecule has 0 aromatic heterocycles. The number of alkyl halides is 3. The van der Waals surface area contributed by atoms with Crippen LogP contribution >= 0.6 is 33.2 Å². The number of carbonyl (C=O) groups is 4. The normalized spacial score (nSPS) is 10.4. The van der Waals surface area contributed by atoms with Crippen molar-refractivity contribution in [1.82, 2.24) is 10.6 Å². The number of amides is 2. The number of carboxylic acids is 2. The molecule has 0 heterocycles. The predicted octanol–water partition coefficient (Wildman–Crippen LogP) is 2.68. The van der Waals surface area contributed by atoms with E-state index >= 15 is 0 Å². The van der Waals surface area contributed by atoms with Gasteiger partial charge in [0, 0.05) is 28.6 Å². The molecule has 0 aliphatic heterocycles. The molecular formula is C16H18ClF3N2O6S2. The molecule has 0 saturated heterocycles. The standard InChI is InChI=1S/C14H17ClN2O4S2.C2HF3O2/c15-11-3-1-10(2-4-11)14(21)17-9-12(18)16-6-8-23-22-7-5-13(19)20;3-2(4,5)1(6)7/h1-4H,5-9H2,(H,16,18)(H,17,21)(H,19,20);(H,6,7). The summed E-state index contributed by atoms with van der Waals surface area (Å²) in [6, 6.07) is 6.38. The Hall–Kier alpha value is -2.12. The Morgan fingerprint density at radius 2 is 1.50 bits per heavy atom. The van der Waals surface area contributed by atoms with Crippen molar-refractivity contribution in [3.8, 4) is 0 Å². The molecule has 0 unspecified atom stereocenters. The molecular weight excluding hydrogens is 473 g/mol. The second-order valence-electron chi connectivity index (χ2n) is 5.13. The van der Waals surface area contributed by atoms with E-state index < -0.39 is 18.1 Å². The fourth-order valence-corrected chi connectivity index (χ4v) is 3.42. The van der Waals surface area contributed by atoms with Gasteiger partial charge in [-0.3, -0.25) is 14.4 Å². The summed E-state index contributed by atoms with van der Waals surface area (Å²) in [7, 11) is 2.95. The zero-order valence-corrected chi connectivity index (χ0v) is 17.6. The zero-order valence-electron chi connectivity index (χ0n) is 15.2. The summed E-state index contributed by atoms with van der Waals surface area (Å²) in [5.41, 5.74) is 0.438. The lowest BCUT2D eigenvalue weighted by molar-refractivity contribution is -0.192. The molecule has 0 aliphatic rings. The van der Waals surface area contributed by atoms with Crippen LogP contribution < -0.4 is 10.6 Å². The first-order valence-electron chi connectivity index (χ1n) is 8.00. The summed E-state index contributed by atoms with van der Waals surface area (Å²) in [6.07, 6.45) is -4.96. The van der Waals surface area contributed by atoms with Crippen LogP contribution in [0.15, 0.2) is 24.3 Å². The average molecular weight is 491 g/mol. The molecule has 0 spiro atoms. The van der Waals surface area contributed by atoms with Crippen molar-refractivity contribution in [2.45, 2.75) is 12.6 Å². The largest absolute Gasteiger partial charge is 0.490 e. The Morgan fingerprint density at radius 3 is 2.00 bits per heavy atom. The van der Waals surface area contributed by atoms with E-state index in [9.17, 15) is 27.6 Å². The molecule has 8 nitrogen and oxygen atoms in total. The highest BCUT2D eigenvalue weighted by molar-refractivity contribution is 8.76. The Bertz CT molecular complexity index is 720. The van der Waals surface area contributed by atoms with E-state index in [1.54, 1.807) is 24.3 Å². The average Bonchev–Trinajstić information content (AvgIpc) is 2.65. The van der Waals surface area contributed by atoms with Crippen molar-refractivity contribution in [2.75, 3.05) is 24.6 Å². The van der Waals surface area contributed by atoms with E-state index in [1.165, 1.54) is 21.6 Å². The van der Waals surface area contributed by atoms with Crippen molar-refractivity contribution in [1.29, 1.82) is 0 Å². The van der Waals surface area contributed by atoms with Crippen molar-refractivity contribution in [2.24, 2.45) is 0 Å². The van der Waals surface area contributed by atoms with Gasteiger partial charge in [-0.25, -0.2) is 4.79 Å². The van der Waals surface area contributed by atoms with Gasteiger partial charge in [0.05, 0.1) is 13.0 Å². The maximum atomic E-state index is 11.8. The Morgan fingerprint density at radius 1 is 0.967 bits per heavy atom. The third-order valence-corrected chi connectivity index (χ3v) is 5.41. The predicted molar refractivity (Wildman–Crippen MR) is 108 cm³/mol. The second kappa shape index (κ2) is 14.8. The monoisotopic (exact) mass is 490 g/mol. The highest BCUT2D eigenvalue weighted by atomic mass is 35.5. The van der Waals surface area contributed by atoms with Crippen LogP contribution in [0.5, 0.6) is 0 Å². The van der Waals surface area contributed by atoms with Gasteiger partial charge in [0.1, 0.15) is 0 Å². The number of rotatable bonds is 10. The molecule has 4 N–H and O–H groups in total. The summed E-state index contributed by atoms with van der Waals surface area (Å²) < 4.78 is 31.7. The Balaban J connectivity index is 0.00000103. The van der Waals surface area contributed by atoms with E-state index in [2.05, 4.69) is 10.6 Å². The molecule has 0 radical (unpaired) electrons. The maximum absolute atomic E-state index is 11.8. The molecule has 0 bridgehead atoms. The van der Waals surface area contributed by atoms with Gasteiger partial charge >= 0.3 is 18.1 Å². The van der Waals surface area contributed by atoms with Crippen LogP contribution in [0.4, 0.5) is 13.2 Å². The molecule has 1 aromatic carbocycles. The third kappa shape index (κ3) is 14.8. The van der Waals surface area contributed by atoms with Crippen LogP contribution in [-0.4, -0.2) is 64.7 Å². The molecule has 0 atom stereocenters. The van der Waals surface area contributed by atoms with E-state index in [0.717, 1.165) is 0 Å². The fourth-order valence-electron chi connectivity index (χ4n) is 1.41. The lowest BCUT2D eigenvalue weighted by Crippen LogP contribution is -2.37. The van der Waals surface area contributed by atoms with E-state index in [1.807, 2.05) is 0 Å². The van der Waals surface area contributed by atoms with E-state index in [-0.39, 0.29) is 24.8 Å².